The first-order valence-electron chi connectivity index (χ1n) is 6.28. The van der Waals surface area contributed by atoms with E-state index in [2.05, 4.69) is 29.3 Å². The number of amides is 1. The van der Waals surface area contributed by atoms with Gasteiger partial charge in [-0.25, -0.2) is 0 Å². The SMILES string of the molecule is CC(C)Cc1cc(CNC(=O)c2ccncc2)on1. The zero-order valence-corrected chi connectivity index (χ0v) is 11.1. The summed E-state index contributed by atoms with van der Waals surface area (Å²) < 4.78 is 5.17. The monoisotopic (exact) mass is 259 g/mol. The molecule has 0 aromatic carbocycles. The Bertz CT molecular complexity index is 535. The Hall–Kier alpha value is -2.17. The van der Waals surface area contributed by atoms with E-state index in [4.69, 9.17) is 4.52 Å². The van der Waals surface area contributed by atoms with E-state index in [-0.39, 0.29) is 5.91 Å². The van der Waals surface area contributed by atoms with Gasteiger partial charge in [-0.15, -0.1) is 0 Å². The molecule has 0 aliphatic carbocycles. The Balaban J connectivity index is 1.89. The van der Waals surface area contributed by atoms with E-state index in [1.54, 1.807) is 24.5 Å². The largest absolute Gasteiger partial charge is 0.359 e. The lowest BCUT2D eigenvalue weighted by Gasteiger charge is -2.01. The molecule has 1 amide bonds. The Morgan fingerprint density at radius 3 is 2.79 bits per heavy atom. The second kappa shape index (κ2) is 6.13. The maximum absolute atomic E-state index is 11.8. The molecule has 100 valence electrons. The standard InChI is InChI=1S/C14H17N3O2/c1-10(2)7-12-8-13(19-17-12)9-16-14(18)11-3-5-15-6-4-11/h3-6,8,10H,7,9H2,1-2H3,(H,16,18). The van der Waals surface area contributed by atoms with Gasteiger partial charge in [0.2, 0.25) is 0 Å². The fourth-order valence-electron chi connectivity index (χ4n) is 1.73. The highest BCUT2D eigenvalue weighted by molar-refractivity contribution is 5.93. The third kappa shape index (κ3) is 3.91. The summed E-state index contributed by atoms with van der Waals surface area (Å²) in [6, 6.07) is 5.21. The zero-order chi connectivity index (χ0) is 13.7. The minimum absolute atomic E-state index is 0.149. The summed E-state index contributed by atoms with van der Waals surface area (Å²) in [5, 5.41) is 6.75. The van der Waals surface area contributed by atoms with Crippen LogP contribution in [-0.2, 0) is 13.0 Å². The third-order valence-corrected chi connectivity index (χ3v) is 2.59. The molecule has 0 atom stereocenters. The molecular weight excluding hydrogens is 242 g/mol. The Labute approximate surface area is 112 Å². The first-order chi connectivity index (χ1) is 9.15. The summed E-state index contributed by atoms with van der Waals surface area (Å²) in [4.78, 5) is 15.7. The number of aromatic nitrogens is 2. The summed E-state index contributed by atoms with van der Waals surface area (Å²) in [5.41, 5.74) is 1.50. The van der Waals surface area contributed by atoms with Crippen molar-refractivity contribution in [1.29, 1.82) is 0 Å². The molecule has 0 aliphatic rings. The molecular formula is C14H17N3O2. The molecule has 0 aliphatic heterocycles. The van der Waals surface area contributed by atoms with Gasteiger partial charge in [-0.2, -0.15) is 0 Å². The van der Waals surface area contributed by atoms with Crippen molar-refractivity contribution in [3.8, 4) is 0 Å². The van der Waals surface area contributed by atoms with Crippen LogP contribution in [0.4, 0.5) is 0 Å². The Morgan fingerprint density at radius 1 is 1.37 bits per heavy atom. The first kappa shape index (κ1) is 13.3. The van der Waals surface area contributed by atoms with E-state index < -0.39 is 0 Å². The average Bonchev–Trinajstić information content (AvgIpc) is 2.84. The van der Waals surface area contributed by atoms with Gasteiger partial charge in [0.25, 0.3) is 5.91 Å². The minimum atomic E-state index is -0.149. The predicted molar refractivity (Wildman–Crippen MR) is 70.5 cm³/mol. The van der Waals surface area contributed by atoms with Gasteiger partial charge in [0.15, 0.2) is 5.76 Å². The molecule has 0 saturated carbocycles. The van der Waals surface area contributed by atoms with E-state index in [1.807, 2.05) is 6.07 Å². The van der Waals surface area contributed by atoms with Gasteiger partial charge in [0.1, 0.15) is 0 Å². The van der Waals surface area contributed by atoms with Crippen molar-refractivity contribution in [2.75, 3.05) is 0 Å². The van der Waals surface area contributed by atoms with Crippen molar-refractivity contribution in [2.45, 2.75) is 26.8 Å². The lowest BCUT2D eigenvalue weighted by Crippen LogP contribution is -2.22. The second-order valence-electron chi connectivity index (χ2n) is 4.80. The van der Waals surface area contributed by atoms with E-state index in [9.17, 15) is 4.79 Å². The number of hydrogen-bond donors (Lipinski definition) is 1. The van der Waals surface area contributed by atoms with Gasteiger partial charge < -0.3 is 9.84 Å². The van der Waals surface area contributed by atoms with Crippen molar-refractivity contribution < 1.29 is 9.32 Å². The summed E-state index contributed by atoms with van der Waals surface area (Å²) in [6.45, 7) is 4.59. The van der Waals surface area contributed by atoms with E-state index in [1.165, 1.54) is 0 Å². The summed E-state index contributed by atoms with van der Waals surface area (Å²) in [6.07, 6.45) is 4.05. The highest BCUT2D eigenvalue weighted by Gasteiger charge is 2.08. The van der Waals surface area contributed by atoms with Crippen molar-refractivity contribution in [3.05, 3.63) is 47.6 Å². The zero-order valence-electron chi connectivity index (χ0n) is 11.1. The number of pyridine rings is 1. The van der Waals surface area contributed by atoms with E-state index in [0.29, 0.717) is 23.8 Å². The molecule has 2 aromatic heterocycles. The summed E-state index contributed by atoms with van der Waals surface area (Å²) >= 11 is 0. The first-order valence-corrected chi connectivity index (χ1v) is 6.28. The second-order valence-corrected chi connectivity index (χ2v) is 4.80. The lowest BCUT2D eigenvalue weighted by molar-refractivity contribution is 0.0947. The van der Waals surface area contributed by atoms with Crippen molar-refractivity contribution >= 4 is 5.91 Å². The fraction of sp³-hybridized carbons (Fsp3) is 0.357. The highest BCUT2D eigenvalue weighted by Crippen LogP contribution is 2.09. The lowest BCUT2D eigenvalue weighted by atomic mass is 10.1. The number of rotatable bonds is 5. The van der Waals surface area contributed by atoms with Crippen LogP contribution in [0.1, 0.15) is 35.7 Å². The van der Waals surface area contributed by atoms with Gasteiger partial charge in [-0.05, 0) is 24.5 Å². The fourth-order valence-corrected chi connectivity index (χ4v) is 1.73. The molecule has 0 spiro atoms. The smallest absolute Gasteiger partial charge is 0.251 e. The van der Waals surface area contributed by atoms with Crippen LogP contribution in [0.3, 0.4) is 0 Å². The maximum Gasteiger partial charge on any atom is 0.251 e. The predicted octanol–water partition coefficient (Wildman–Crippen LogP) is 2.20. The molecule has 19 heavy (non-hydrogen) atoms. The van der Waals surface area contributed by atoms with Crippen LogP contribution in [-0.4, -0.2) is 16.0 Å². The van der Waals surface area contributed by atoms with Gasteiger partial charge in [-0.1, -0.05) is 19.0 Å². The Morgan fingerprint density at radius 2 is 2.11 bits per heavy atom. The molecule has 1 N–H and O–H groups in total. The normalized spacial score (nSPS) is 10.7. The van der Waals surface area contributed by atoms with E-state index >= 15 is 0 Å². The number of nitrogens with zero attached hydrogens (tertiary/aromatic N) is 2. The molecule has 2 aromatic rings. The third-order valence-electron chi connectivity index (χ3n) is 2.59. The molecule has 0 bridgehead atoms. The maximum atomic E-state index is 11.8. The Kier molecular flexibility index (Phi) is 4.28. The van der Waals surface area contributed by atoms with Gasteiger partial charge in [0, 0.05) is 24.0 Å². The summed E-state index contributed by atoms with van der Waals surface area (Å²) in [7, 11) is 0. The van der Waals surface area contributed by atoms with Crippen LogP contribution in [0.2, 0.25) is 0 Å². The van der Waals surface area contributed by atoms with Crippen molar-refractivity contribution in [2.24, 2.45) is 5.92 Å². The van der Waals surface area contributed by atoms with Crippen LogP contribution in [0, 0.1) is 5.92 Å². The highest BCUT2D eigenvalue weighted by atomic mass is 16.5. The van der Waals surface area contributed by atoms with Gasteiger partial charge >= 0.3 is 0 Å². The van der Waals surface area contributed by atoms with E-state index in [0.717, 1.165) is 12.1 Å². The van der Waals surface area contributed by atoms with Crippen LogP contribution in [0.5, 0.6) is 0 Å². The molecule has 0 unspecified atom stereocenters. The van der Waals surface area contributed by atoms with Gasteiger partial charge in [0.05, 0.1) is 12.2 Å². The van der Waals surface area contributed by atoms with Crippen LogP contribution in [0.25, 0.3) is 0 Å². The molecule has 2 rings (SSSR count). The number of hydrogen-bond acceptors (Lipinski definition) is 4. The number of carbonyl (C=O) groups is 1. The summed E-state index contributed by atoms with van der Waals surface area (Å²) in [5.74, 6) is 1.05. The minimum Gasteiger partial charge on any atom is -0.359 e. The quantitative estimate of drug-likeness (QED) is 0.893. The van der Waals surface area contributed by atoms with Crippen LogP contribution < -0.4 is 5.32 Å². The van der Waals surface area contributed by atoms with Crippen molar-refractivity contribution in [1.82, 2.24) is 15.5 Å². The van der Waals surface area contributed by atoms with Gasteiger partial charge in [-0.3, -0.25) is 9.78 Å². The van der Waals surface area contributed by atoms with Crippen LogP contribution in [0.15, 0.2) is 35.1 Å². The molecule has 2 heterocycles. The molecule has 0 saturated heterocycles. The number of nitrogens with one attached hydrogen (secondary N) is 1. The molecule has 5 heteroatoms. The average molecular weight is 259 g/mol. The molecule has 5 nitrogen and oxygen atoms in total. The van der Waals surface area contributed by atoms with Crippen molar-refractivity contribution in [3.63, 3.8) is 0 Å². The topological polar surface area (TPSA) is 68.0 Å². The molecule has 0 fully saturated rings. The molecule has 0 radical (unpaired) electrons. The van der Waals surface area contributed by atoms with Crippen LogP contribution >= 0.6 is 0 Å². The number of carbonyl (C=O) groups excluding carboxylic acids is 1.